The lowest BCUT2D eigenvalue weighted by atomic mass is 10.2. The molecule has 0 aliphatic rings. The summed E-state index contributed by atoms with van der Waals surface area (Å²) in [6, 6.07) is 12.5. The van der Waals surface area contributed by atoms with Crippen LogP contribution in [0.2, 0.25) is 10.0 Å². The average molecular weight is 537 g/mol. The van der Waals surface area contributed by atoms with E-state index in [1.54, 1.807) is 36.4 Å². The van der Waals surface area contributed by atoms with Crippen molar-refractivity contribution >= 4 is 51.0 Å². The summed E-state index contributed by atoms with van der Waals surface area (Å²) in [6.45, 7) is 5.32. The number of ether oxygens (including phenoxy) is 1. The van der Waals surface area contributed by atoms with Crippen molar-refractivity contribution < 1.29 is 17.9 Å². The highest BCUT2D eigenvalue weighted by atomic mass is 35.5. The van der Waals surface area contributed by atoms with Gasteiger partial charge in [0.25, 0.3) is 5.91 Å². The van der Waals surface area contributed by atoms with Gasteiger partial charge in [-0.2, -0.15) is 5.10 Å². The molecule has 35 heavy (non-hydrogen) atoms. The van der Waals surface area contributed by atoms with Gasteiger partial charge in [-0.1, -0.05) is 23.2 Å². The Kier molecular flexibility index (Phi) is 8.15. The molecule has 0 saturated carbocycles. The van der Waals surface area contributed by atoms with Crippen LogP contribution in [0.15, 0.2) is 53.6 Å². The van der Waals surface area contributed by atoms with Crippen LogP contribution in [0.25, 0.3) is 5.69 Å². The van der Waals surface area contributed by atoms with Crippen LogP contribution in [0.3, 0.4) is 0 Å². The molecule has 2 aromatic carbocycles. The molecule has 0 unspecified atom stereocenters. The average Bonchev–Trinajstić information content (AvgIpc) is 3.06. The molecule has 1 N–H and O–H groups in total. The summed E-state index contributed by atoms with van der Waals surface area (Å²) in [5.74, 6) is -0.0153. The molecule has 1 atom stereocenters. The Morgan fingerprint density at radius 3 is 2.37 bits per heavy atom. The molecule has 0 spiro atoms. The van der Waals surface area contributed by atoms with Crippen LogP contribution in [0.1, 0.15) is 23.9 Å². The van der Waals surface area contributed by atoms with E-state index >= 15 is 0 Å². The van der Waals surface area contributed by atoms with Crippen molar-refractivity contribution in [3.05, 3.63) is 75.5 Å². The quantitative estimate of drug-likeness (QED) is 0.333. The zero-order chi connectivity index (χ0) is 25.9. The highest BCUT2D eigenvalue weighted by Gasteiger charge is 2.29. The Balaban J connectivity index is 1.80. The maximum absolute atomic E-state index is 12.8. The Bertz CT molecular complexity index is 1370. The lowest BCUT2D eigenvalue weighted by Crippen LogP contribution is -2.46. The minimum Gasteiger partial charge on any atom is -0.497 e. The van der Waals surface area contributed by atoms with Crippen molar-refractivity contribution in [2.75, 3.05) is 17.7 Å². The number of methoxy groups -OCH3 is 1. The molecule has 0 aliphatic heterocycles. The van der Waals surface area contributed by atoms with Gasteiger partial charge in [-0.3, -0.25) is 9.10 Å². The SMILES string of the molecule is COc1ccc(N([C@H](C)C(=O)N/N=C\c2cc(C)n(-c3ccc(Cl)cc3Cl)c2C)S(C)(=O)=O)cc1. The Hall–Kier alpha value is -3.01. The van der Waals surface area contributed by atoms with Gasteiger partial charge >= 0.3 is 0 Å². The molecule has 0 bridgehead atoms. The van der Waals surface area contributed by atoms with Gasteiger partial charge < -0.3 is 9.30 Å². The summed E-state index contributed by atoms with van der Waals surface area (Å²) in [4.78, 5) is 12.8. The van der Waals surface area contributed by atoms with Crippen LogP contribution in [0.5, 0.6) is 5.75 Å². The molecule has 0 radical (unpaired) electrons. The lowest BCUT2D eigenvalue weighted by molar-refractivity contribution is -0.121. The van der Waals surface area contributed by atoms with Gasteiger partial charge in [0.1, 0.15) is 11.8 Å². The molecule has 0 aliphatic carbocycles. The molecule has 3 rings (SSSR count). The van der Waals surface area contributed by atoms with Crippen LogP contribution in [-0.4, -0.2) is 44.5 Å². The highest BCUT2D eigenvalue weighted by molar-refractivity contribution is 7.92. The minimum absolute atomic E-state index is 0.336. The van der Waals surface area contributed by atoms with E-state index in [1.165, 1.54) is 20.2 Å². The number of carbonyl (C=O) groups excluding carboxylic acids is 1. The largest absolute Gasteiger partial charge is 0.497 e. The Labute approximate surface area is 215 Å². The predicted molar refractivity (Wildman–Crippen MR) is 141 cm³/mol. The van der Waals surface area contributed by atoms with Gasteiger partial charge in [0.2, 0.25) is 10.0 Å². The maximum Gasteiger partial charge on any atom is 0.263 e. The fourth-order valence-electron chi connectivity index (χ4n) is 3.75. The minimum atomic E-state index is -3.75. The standard InChI is InChI=1S/C24H26Cl2N4O4S/c1-15-12-18(16(2)29(15)23-11-6-19(25)13-22(23)26)14-27-28-24(31)17(3)30(35(5,32)33)20-7-9-21(34-4)10-8-20/h6-14,17H,1-5H3,(H,28,31)/b27-14-/t17-/m1/s1. The van der Waals surface area contributed by atoms with E-state index in [-0.39, 0.29) is 0 Å². The fraction of sp³-hybridized carbons (Fsp3) is 0.250. The third-order valence-electron chi connectivity index (χ3n) is 5.41. The van der Waals surface area contributed by atoms with Gasteiger partial charge in [0.15, 0.2) is 0 Å². The van der Waals surface area contributed by atoms with E-state index in [2.05, 4.69) is 10.5 Å². The van der Waals surface area contributed by atoms with E-state index < -0.39 is 22.0 Å². The Morgan fingerprint density at radius 2 is 1.80 bits per heavy atom. The lowest BCUT2D eigenvalue weighted by Gasteiger charge is -2.27. The first-order valence-electron chi connectivity index (χ1n) is 10.5. The van der Waals surface area contributed by atoms with E-state index in [9.17, 15) is 13.2 Å². The maximum atomic E-state index is 12.8. The summed E-state index contributed by atoms with van der Waals surface area (Å²) < 4.78 is 33.0. The summed E-state index contributed by atoms with van der Waals surface area (Å²) in [5, 5.41) is 5.10. The highest BCUT2D eigenvalue weighted by Crippen LogP contribution is 2.28. The number of hydrogen-bond donors (Lipinski definition) is 1. The van der Waals surface area contributed by atoms with E-state index in [1.807, 2.05) is 30.5 Å². The van der Waals surface area contributed by atoms with Crippen molar-refractivity contribution in [3.63, 3.8) is 0 Å². The number of hydrazone groups is 1. The summed E-state index contributed by atoms with van der Waals surface area (Å²) >= 11 is 12.4. The first-order valence-corrected chi connectivity index (χ1v) is 13.1. The molecule has 3 aromatic rings. The van der Waals surface area contributed by atoms with E-state index in [4.69, 9.17) is 27.9 Å². The number of amides is 1. The number of nitrogens with one attached hydrogen (secondary N) is 1. The number of benzene rings is 2. The number of aryl methyl sites for hydroxylation is 1. The molecule has 8 nitrogen and oxygen atoms in total. The van der Waals surface area contributed by atoms with Crippen molar-refractivity contribution in [1.82, 2.24) is 9.99 Å². The van der Waals surface area contributed by atoms with Crippen molar-refractivity contribution in [2.45, 2.75) is 26.8 Å². The molecular weight excluding hydrogens is 511 g/mol. The van der Waals surface area contributed by atoms with Gasteiger partial charge in [0.05, 0.1) is 36.0 Å². The van der Waals surface area contributed by atoms with Gasteiger partial charge in [0, 0.05) is 22.0 Å². The van der Waals surface area contributed by atoms with Crippen molar-refractivity contribution in [2.24, 2.45) is 5.10 Å². The number of carbonyl (C=O) groups is 1. The number of nitrogens with zero attached hydrogens (tertiary/aromatic N) is 3. The molecule has 186 valence electrons. The number of aromatic nitrogens is 1. The number of halogens is 2. The molecule has 0 saturated heterocycles. The molecule has 11 heteroatoms. The molecule has 1 amide bonds. The van der Waals surface area contributed by atoms with E-state index in [0.717, 1.165) is 33.2 Å². The zero-order valence-electron chi connectivity index (χ0n) is 19.9. The molecule has 1 aromatic heterocycles. The van der Waals surface area contributed by atoms with Gasteiger partial charge in [-0.25, -0.2) is 13.8 Å². The fourth-order valence-corrected chi connectivity index (χ4v) is 5.42. The van der Waals surface area contributed by atoms with Crippen LogP contribution in [-0.2, 0) is 14.8 Å². The van der Waals surface area contributed by atoms with E-state index in [0.29, 0.717) is 21.5 Å². The molecular formula is C24H26Cl2N4O4S. The summed E-state index contributed by atoms with van der Waals surface area (Å²) in [6.07, 6.45) is 2.55. The van der Waals surface area contributed by atoms with Crippen LogP contribution >= 0.6 is 23.2 Å². The zero-order valence-corrected chi connectivity index (χ0v) is 22.2. The second-order valence-electron chi connectivity index (χ2n) is 7.92. The van der Waals surface area contributed by atoms with Gasteiger partial charge in [-0.15, -0.1) is 0 Å². The third kappa shape index (κ3) is 5.98. The van der Waals surface area contributed by atoms with Crippen LogP contribution in [0.4, 0.5) is 5.69 Å². The molecule has 1 heterocycles. The predicted octanol–water partition coefficient (Wildman–Crippen LogP) is 4.71. The summed E-state index contributed by atoms with van der Waals surface area (Å²) in [5.41, 5.74) is 6.07. The second-order valence-corrected chi connectivity index (χ2v) is 10.6. The monoisotopic (exact) mass is 536 g/mol. The van der Waals surface area contributed by atoms with Gasteiger partial charge in [-0.05, 0) is 69.3 Å². The Morgan fingerprint density at radius 1 is 1.14 bits per heavy atom. The summed E-state index contributed by atoms with van der Waals surface area (Å²) in [7, 11) is -2.24. The van der Waals surface area contributed by atoms with Crippen LogP contribution < -0.4 is 14.5 Å². The second kappa shape index (κ2) is 10.7. The first-order chi connectivity index (χ1) is 16.4. The van der Waals surface area contributed by atoms with Crippen molar-refractivity contribution in [1.29, 1.82) is 0 Å². The topological polar surface area (TPSA) is 93.0 Å². The smallest absolute Gasteiger partial charge is 0.263 e. The number of hydrogen-bond acceptors (Lipinski definition) is 5. The van der Waals surface area contributed by atoms with Crippen LogP contribution in [0, 0.1) is 13.8 Å². The number of sulfonamides is 1. The molecule has 0 fully saturated rings. The number of rotatable bonds is 8. The normalized spacial score (nSPS) is 12.5. The first kappa shape index (κ1) is 26.6. The third-order valence-corrected chi connectivity index (χ3v) is 7.19. The number of anilines is 1. The van der Waals surface area contributed by atoms with Crippen molar-refractivity contribution in [3.8, 4) is 11.4 Å².